The number of hydrogen-bond donors (Lipinski definition) is 1. The lowest BCUT2D eigenvalue weighted by atomic mass is 10.4. The van der Waals surface area contributed by atoms with Crippen molar-refractivity contribution in [1.29, 1.82) is 0 Å². The molecule has 0 radical (unpaired) electrons. The summed E-state index contributed by atoms with van der Waals surface area (Å²) >= 11 is 0. The Hall–Kier alpha value is -0.870. The van der Waals surface area contributed by atoms with Gasteiger partial charge in [-0.25, -0.2) is 4.79 Å². The summed E-state index contributed by atoms with van der Waals surface area (Å²) in [5, 5.41) is 8.57. The Morgan fingerprint density at radius 1 is 1.75 bits per heavy atom. The third kappa shape index (κ3) is 4.87. The lowest BCUT2D eigenvalue weighted by molar-refractivity contribution is -0.153. The van der Waals surface area contributed by atoms with Crippen LogP contribution in [0.1, 0.15) is 6.92 Å². The Morgan fingerprint density at radius 2 is 2.42 bits per heavy atom. The normalized spacial score (nSPS) is 12.4. The van der Waals surface area contributed by atoms with Gasteiger partial charge in [-0.1, -0.05) is 6.08 Å². The van der Waals surface area contributed by atoms with E-state index in [-0.39, 0.29) is 6.61 Å². The summed E-state index contributed by atoms with van der Waals surface area (Å²) in [6.07, 6.45) is 0.695. The molecular weight excluding hydrogens is 160 g/mol. The first-order chi connectivity index (χ1) is 5.72. The van der Waals surface area contributed by atoms with E-state index in [0.717, 1.165) is 0 Å². The van der Waals surface area contributed by atoms with Gasteiger partial charge in [0, 0.05) is 6.61 Å². The van der Waals surface area contributed by atoms with Gasteiger partial charge in [-0.2, -0.15) is 0 Å². The molecule has 4 heteroatoms. The quantitative estimate of drug-likeness (QED) is 0.455. The highest BCUT2D eigenvalue weighted by Gasteiger charge is 2.16. The van der Waals surface area contributed by atoms with Crippen molar-refractivity contribution < 1.29 is 19.4 Å². The molecule has 0 aromatic rings. The van der Waals surface area contributed by atoms with Crippen molar-refractivity contribution in [1.82, 2.24) is 0 Å². The smallest absolute Gasteiger partial charge is 0.335 e. The van der Waals surface area contributed by atoms with Gasteiger partial charge in [0.05, 0.1) is 13.2 Å². The van der Waals surface area contributed by atoms with Crippen molar-refractivity contribution in [2.45, 2.75) is 13.0 Å². The first kappa shape index (κ1) is 11.1. The minimum absolute atomic E-state index is 0.0647. The lowest BCUT2D eigenvalue weighted by Crippen LogP contribution is -2.29. The van der Waals surface area contributed by atoms with Crippen LogP contribution in [0.25, 0.3) is 0 Å². The molecule has 0 bridgehead atoms. The largest absolute Gasteiger partial charge is 0.479 e. The van der Waals surface area contributed by atoms with E-state index in [1.165, 1.54) is 0 Å². The maximum atomic E-state index is 10.5. The fraction of sp³-hybridized carbons (Fsp3) is 0.625. The van der Waals surface area contributed by atoms with Crippen molar-refractivity contribution in [3.05, 3.63) is 12.7 Å². The summed E-state index contributed by atoms with van der Waals surface area (Å²) in [6.45, 7) is 5.95. The highest BCUT2D eigenvalue weighted by molar-refractivity contribution is 5.72. The summed E-state index contributed by atoms with van der Waals surface area (Å²) < 4.78 is 9.83. The fourth-order valence-electron chi connectivity index (χ4n) is 0.650. The monoisotopic (exact) mass is 174 g/mol. The Bertz CT molecular complexity index is 144. The molecule has 0 aliphatic heterocycles. The third-order valence-electron chi connectivity index (χ3n) is 1.15. The first-order valence-corrected chi connectivity index (χ1v) is 3.75. The van der Waals surface area contributed by atoms with E-state index in [0.29, 0.717) is 13.2 Å². The summed E-state index contributed by atoms with van der Waals surface area (Å²) in [7, 11) is 0. The highest BCUT2D eigenvalue weighted by Crippen LogP contribution is 1.93. The average Bonchev–Trinajstić information content (AvgIpc) is 2.03. The van der Waals surface area contributed by atoms with Gasteiger partial charge in [-0.3, -0.25) is 0 Å². The zero-order valence-corrected chi connectivity index (χ0v) is 7.16. The standard InChI is InChI=1S/C8H14O4/c1-3-5-11-6-7(8(9)10)12-4-2/h3,7H,1,4-6H2,2H3,(H,9,10). The highest BCUT2D eigenvalue weighted by atomic mass is 16.5. The molecule has 0 aromatic carbocycles. The van der Waals surface area contributed by atoms with Crippen molar-refractivity contribution in [3.63, 3.8) is 0 Å². The van der Waals surface area contributed by atoms with Crippen LogP contribution < -0.4 is 0 Å². The van der Waals surface area contributed by atoms with Gasteiger partial charge in [0.2, 0.25) is 0 Å². The molecule has 0 rings (SSSR count). The second-order valence-electron chi connectivity index (χ2n) is 2.11. The molecule has 12 heavy (non-hydrogen) atoms. The zero-order chi connectivity index (χ0) is 9.40. The van der Waals surface area contributed by atoms with Crippen LogP contribution in [0.15, 0.2) is 12.7 Å². The number of hydrogen-bond acceptors (Lipinski definition) is 3. The van der Waals surface area contributed by atoms with E-state index in [4.69, 9.17) is 14.6 Å². The molecule has 4 nitrogen and oxygen atoms in total. The van der Waals surface area contributed by atoms with Gasteiger partial charge in [0.25, 0.3) is 0 Å². The van der Waals surface area contributed by atoms with Gasteiger partial charge in [0.1, 0.15) is 0 Å². The molecule has 0 heterocycles. The number of ether oxygens (including phenoxy) is 2. The Kier molecular flexibility index (Phi) is 6.32. The van der Waals surface area contributed by atoms with E-state index in [2.05, 4.69) is 6.58 Å². The van der Waals surface area contributed by atoms with Crippen molar-refractivity contribution in [2.24, 2.45) is 0 Å². The molecule has 1 atom stereocenters. The number of rotatable bonds is 7. The topological polar surface area (TPSA) is 55.8 Å². The number of carboxylic acid groups (broad SMARTS) is 1. The molecule has 0 amide bonds. The molecule has 0 spiro atoms. The predicted molar refractivity (Wildman–Crippen MR) is 44.1 cm³/mol. The van der Waals surface area contributed by atoms with E-state index in [1.807, 2.05) is 0 Å². The van der Waals surface area contributed by atoms with Crippen LogP contribution in [0.3, 0.4) is 0 Å². The van der Waals surface area contributed by atoms with Crippen molar-refractivity contribution >= 4 is 5.97 Å². The van der Waals surface area contributed by atoms with E-state index in [9.17, 15) is 4.79 Å². The van der Waals surface area contributed by atoms with Gasteiger partial charge in [0.15, 0.2) is 6.10 Å². The van der Waals surface area contributed by atoms with Crippen molar-refractivity contribution in [3.8, 4) is 0 Å². The minimum Gasteiger partial charge on any atom is -0.479 e. The summed E-state index contributed by atoms with van der Waals surface area (Å²) in [6, 6.07) is 0. The number of aliphatic carboxylic acids is 1. The van der Waals surface area contributed by atoms with Crippen LogP contribution in [0.2, 0.25) is 0 Å². The van der Waals surface area contributed by atoms with Crippen LogP contribution in [0.4, 0.5) is 0 Å². The SMILES string of the molecule is C=CCOCC(OCC)C(=O)O. The fourth-order valence-corrected chi connectivity index (χ4v) is 0.650. The second-order valence-corrected chi connectivity index (χ2v) is 2.11. The van der Waals surface area contributed by atoms with E-state index in [1.54, 1.807) is 13.0 Å². The Labute approximate surface area is 71.8 Å². The van der Waals surface area contributed by atoms with E-state index >= 15 is 0 Å². The third-order valence-corrected chi connectivity index (χ3v) is 1.15. The molecule has 0 saturated heterocycles. The maximum absolute atomic E-state index is 10.5. The van der Waals surface area contributed by atoms with Gasteiger partial charge >= 0.3 is 5.97 Å². The predicted octanol–water partition coefficient (Wildman–Crippen LogP) is 0.679. The minimum atomic E-state index is -0.999. The van der Waals surface area contributed by atoms with Gasteiger partial charge in [-0.05, 0) is 6.92 Å². The molecular formula is C8H14O4. The molecule has 0 aliphatic carbocycles. The zero-order valence-electron chi connectivity index (χ0n) is 7.16. The molecule has 0 saturated carbocycles. The number of carboxylic acids is 1. The summed E-state index contributed by atoms with van der Waals surface area (Å²) in [4.78, 5) is 10.5. The Morgan fingerprint density at radius 3 is 2.83 bits per heavy atom. The van der Waals surface area contributed by atoms with Crippen LogP contribution in [0, 0.1) is 0 Å². The average molecular weight is 174 g/mol. The van der Waals surface area contributed by atoms with Gasteiger partial charge in [-0.15, -0.1) is 6.58 Å². The lowest BCUT2D eigenvalue weighted by Gasteiger charge is -2.11. The van der Waals surface area contributed by atoms with Crippen LogP contribution >= 0.6 is 0 Å². The molecule has 70 valence electrons. The van der Waals surface area contributed by atoms with Crippen LogP contribution in [-0.4, -0.2) is 37.0 Å². The molecule has 1 N–H and O–H groups in total. The molecule has 1 unspecified atom stereocenters. The summed E-state index contributed by atoms with van der Waals surface area (Å²) in [5.74, 6) is -0.999. The summed E-state index contributed by atoms with van der Waals surface area (Å²) in [5.41, 5.74) is 0. The van der Waals surface area contributed by atoms with Crippen molar-refractivity contribution in [2.75, 3.05) is 19.8 Å². The molecule has 0 fully saturated rings. The van der Waals surface area contributed by atoms with Crippen LogP contribution in [0.5, 0.6) is 0 Å². The number of carbonyl (C=O) groups is 1. The molecule has 0 aliphatic rings. The van der Waals surface area contributed by atoms with Gasteiger partial charge < -0.3 is 14.6 Å². The Balaban J connectivity index is 3.63. The van der Waals surface area contributed by atoms with Crippen LogP contribution in [-0.2, 0) is 14.3 Å². The molecule has 0 aromatic heterocycles. The first-order valence-electron chi connectivity index (χ1n) is 3.75. The maximum Gasteiger partial charge on any atom is 0.335 e. The van der Waals surface area contributed by atoms with E-state index < -0.39 is 12.1 Å². The second kappa shape index (κ2) is 6.82.